The van der Waals surface area contributed by atoms with Crippen LogP contribution in [-0.2, 0) is 0 Å². The minimum atomic E-state index is -0.268. The Morgan fingerprint density at radius 1 is 1.15 bits per heavy atom. The smallest absolute Gasteiger partial charge is 0.255 e. The lowest BCUT2D eigenvalue weighted by atomic mass is 10.2. The highest BCUT2D eigenvalue weighted by molar-refractivity contribution is 9.11. The minimum Gasteiger partial charge on any atom is -0.508 e. The van der Waals surface area contributed by atoms with Crippen LogP contribution in [0.15, 0.2) is 45.3 Å². The van der Waals surface area contributed by atoms with Crippen LogP contribution in [0.5, 0.6) is 11.5 Å². The van der Waals surface area contributed by atoms with Crippen LogP contribution in [0.25, 0.3) is 0 Å². The maximum absolute atomic E-state index is 12.1. The summed E-state index contributed by atoms with van der Waals surface area (Å²) in [5.41, 5.74) is 1.06. The van der Waals surface area contributed by atoms with Gasteiger partial charge in [0, 0.05) is 16.1 Å². The van der Waals surface area contributed by atoms with Crippen LogP contribution < -0.4 is 10.1 Å². The Morgan fingerprint density at radius 2 is 1.80 bits per heavy atom. The molecule has 0 spiro atoms. The molecule has 0 aliphatic heterocycles. The lowest BCUT2D eigenvalue weighted by molar-refractivity contribution is 0.102. The SMILES string of the molecule is COc1cc(NC(=O)c2ccc(O)cc2)c(Br)cc1Br. The number of methoxy groups -OCH3 is 1. The highest BCUT2D eigenvalue weighted by Crippen LogP contribution is 2.34. The molecule has 1 amide bonds. The van der Waals surface area contributed by atoms with Crippen LogP contribution >= 0.6 is 31.9 Å². The number of carbonyl (C=O) groups excluding carboxylic acids is 1. The molecule has 0 saturated carbocycles. The minimum absolute atomic E-state index is 0.119. The Morgan fingerprint density at radius 3 is 2.40 bits per heavy atom. The second-order valence-electron chi connectivity index (χ2n) is 3.97. The van der Waals surface area contributed by atoms with Gasteiger partial charge in [-0.2, -0.15) is 0 Å². The van der Waals surface area contributed by atoms with E-state index < -0.39 is 0 Å². The van der Waals surface area contributed by atoms with Gasteiger partial charge in [-0.25, -0.2) is 0 Å². The molecule has 0 unspecified atom stereocenters. The summed E-state index contributed by atoms with van der Waals surface area (Å²) in [6.07, 6.45) is 0. The van der Waals surface area contributed by atoms with Crippen molar-refractivity contribution in [3.8, 4) is 11.5 Å². The monoisotopic (exact) mass is 399 g/mol. The molecule has 0 bridgehead atoms. The molecule has 0 aliphatic carbocycles. The van der Waals surface area contributed by atoms with Crippen molar-refractivity contribution in [2.24, 2.45) is 0 Å². The number of phenols is 1. The lowest BCUT2D eigenvalue weighted by Crippen LogP contribution is -2.12. The normalized spacial score (nSPS) is 10.2. The number of hydrogen-bond donors (Lipinski definition) is 2. The van der Waals surface area contributed by atoms with Gasteiger partial charge in [0.2, 0.25) is 0 Å². The van der Waals surface area contributed by atoms with Crippen molar-refractivity contribution in [3.05, 3.63) is 50.9 Å². The van der Waals surface area contributed by atoms with Gasteiger partial charge in [-0.15, -0.1) is 0 Å². The van der Waals surface area contributed by atoms with Crippen molar-refractivity contribution in [2.75, 3.05) is 12.4 Å². The molecule has 2 N–H and O–H groups in total. The van der Waals surface area contributed by atoms with Crippen molar-refractivity contribution in [2.45, 2.75) is 0 Å². The number of ether oxygens (including phenoxy) is 1. The summed E-state index contributed by atoms with van der Waals surface area (Å²) < 4.78 is 6.71. The van der Waals surface area contributed by atoms with Gasteiger partial charge >= 0.3 is 0 Å². The van der Waals surface area contributed by atoms with Gasteiger partial charge < -0.3 is 15.2 Å². The molecule has 6 heteroatoms. The van der Waals surface area contributed by atoms with Crippen molar-refractivity contribution in [3.63, 3.8) is 0 Å². The van der Waals surface area contributed by atoms with Crippen LogP contribution in [-0.4, -0.2) is 18.1 Å². The Kier molecular flexibility index (Phi) is 4.67. The first-order chi connectivity index (χ1) is 9.51. The van der Waals surface area contributed by atoms with E-state index in [0.29, 0.717) is 17.0 Å². The van der Waals surface area contributed by atoms with Crippen LogP contribution in [0, 0.1) is 0 Å². The lowest BCUT2D eigenvalue weighted by Gasteiger charge is -2.11. The fraction of sp³-hybridized carbons (Fsp3) is 0.0714. The fourth-order valence-electron chi connectivity index (χ4n) is 1.59. The molecule has 4 nitrogen and oxygen atoms in total. The van der Waals surface area contributed by atoms with E-state index in [9.17, 15) is 9.90 Å². The van der Waals surface area contributed by atoms with Gasteiger partial charge in [-0.1, -0.05) is 0 Å². The average molecular weight is 401 g/mol. The average Bonchev–Trinajstić information content (AvgIpc) is 2.42. The number of carbonyl (C=O) groups is 1. The van der Waals surface area contributed by atoms with E-state index in [4.69, 9.17) is 4.74 Å². The maximum atomic E-state index is 12.1. The van der Waals surface area contributed by atoms with Crippen molar-refractivity contribution >= 4 is 43.5 Å². The summed E-state index contributed by atoms with van der Waals surface area (Å²) in [6.45, 7) is 0. The molecule has 2 aromatic carbocycles. The number of nitrogens with one attached hydrogen (secondary N) is 1. The zero-order chi connectivity index (χ0) is 14.7. The molecular weight excluding hydrogens is 390 g/mol. The van der Waals surface area contributed by atoms with Crippen molar-refractivity contribution in [1.82, 2.24) is 0 Å². The third-order valence-corrected chi connectivity index (χ3v) is 3.89. The molecule has 104 valence electrons. The maximum Gasteiger partial charge on any atom is 0.255 e. The highest BCUT2D eigenvalue weighted by atomic mass is 79.9. The first kappa shape index (κ1) is 14.9. The van der Waals surface area contributed by atoms with E-state index in [-0.39, 0.29) is 11.7 Å². The predicted octanol–water partition coefficient (Wildman–Crippen LogP) is 4.18. The molecule has 20 heavy (non-hydrogen) atoms. The quantitative estimate of drug-likeness (QED) is 0.812. The number of amides is 1. The van der Waals surface area contributed by atoms with E-state index >= 15 is 0 Å². The molecule has 0 fully saturated rings. The van der Waals surface area contributed by atoms with Crippen LogP contribution in [0.2, 0.25) is 0 Å². The molecule has 2 aromatic rings. The number of benzene rings is 2. The van der Waals surface area contributed by atoms with Crippen LogP contribution in [0.1, 0.15) is 10.4 Å². The molecule has 0 radical (unpaired) electrons. The summed E-state index contributed by atoms with van der Waals surface area (Å²) in [7, 11) is 1.56. The zero-order valence-electron chi connectivity index (χ0n) is 10.5. The van der Waals surface area contributed by atoms with E-state index in [2.05, 4.69) is 37.2 Å². The van der Waals surface area contributed by atoms with Crippen LogP contribution in [0.4, 0.5) is 5.69 Å². The standard InChI is InChI=1S/C14H11Br2NO3/c1-20-13-7-12(10(15)6-11(13)16)17-14(19)8-2-4-9(18)5-3-8/h2-7,18H,1H3,(H,17,19). The fourth-order valence-corrected chi connectivity index (χ4v) is 2.84. The van der Waals surface area contributed by atoms with E-state index in [1.165, 1.54) is 12.1 Å². The van der Waals surface area contributed by atoms with E-state index in [1.807, 2.05) is 0 Å². The third-order valence-electron chi connectivity index (χ3n) is 2.62. The van der Waals surface area contributed by atoms with Gasteiger partial charge in [0.05, 0.1) is 17.3 Å². The summed E-state index contributed by atoms with van der Waals surface area (Å²) in [5, 5.41) is 12.0. The molecule has 0 aromatic heterocycles. The second kappa shape index (κ2) is 6.28. The topological polar surface area (TPSA) is 58.6 Å². The number of aromatic hydroxyl groups is 1. The number of rotatable bonds is 3. The zero-order valence-corrected chi connectivity index (χ0v) is 13.7. The summed E-state index contributed by atoms with van der Waals surface area (Å²) >= 11 is 6.75. The Bertz CT molecular complexity index is 642. The Hall–Kier alpha value is -1.53. The van der Waals surface area contributed by atoms with E-state index in [0.717, 1.165) is 8.95 Å². The van der Waals surface area contributed by atoms with Gasteiger partial charge in [0.15, 0.2) is 0 Å². The number of anilines is 1. The van der Waals surface area contributed by atoms with Gasteiger partial charge in [-0.05, 0) is 62.2 Å². The molecule has 0 aliphatic rings. The van der Waals surface area contributed by atoms with Gasteiger partial charge in [-0.3, -0.25) is 4.79 Å². The summed E-state index contributed by atoms with van der Waals surface area (Å²) in [4.78, 5) is 12.1. The first-order valence-corrected chi connectivity index (χ1v) is 7.23. The number of hydrogen-bond acceptors (Lipinski definition) is 3. The number of phenolic OH excluding ortho intramolecular Hbond substituents is 1. The second-order valence-corrected chi connectivity index (χ2v) is 5.68. The van der Waals surface area contributed by atoms with Crippen molar-refractivity contribution in [1.29, 1.82) is 0 Å². The van der Waals surface area contributed by atoms with Gasteiger partial charge in [0.1, 0.15) is 11.5 Å². The van der Waals surface area contributed by atoms with E-state index in [1.54, 1.807) is 31.4 Å². The Labute approximate surface area is 133 Å². The largest absolute Gasteiger partial charge is 0.508 e. The summed E-state index contributed by atoms with van der Waals surface area (Å²) in [6, 6.07) is 9.54. The Balaban J connectivity index is 2.25. The third kappa shape index (κ3) is 3.32. The summed E-state index contributed by atoms with van der Waals surface area (Å²) in [5.74, 6) is 0.470. The molecule has 0 saturated heterocycles. The highest BCUT2D eigenvalue weighted by Gasteiger charge is 2.11. The predicted molar refractivity (Wildman–Crippen MR) is 84.5 cm³/mol. The van der Waals surface area contributed by atoms with Gasteiger partial charge in [0.25, 0.3) is 5.91 Å². The number of halogens is 2. The van der Waals surface area contributed by atoms with Crippen LogP contribution in [0.3, 0.4) is 0 Å². The first-order valence-electron chi connectivity index (χ1n) is 5.64. The van der Waals surface area contributed by atoms with Crippen molar-refractivity contribution < 1.29 is 14.6 Å². The molecule has 0 heterocycles. The molecular formula is C14H11Br2NO3. The molecule has 2 rings (SSSR count). The molecule has 0 atom stereocenters.